The summed E-state index contributed by atoms with van der Waals surface area (Å²) in [6.45, 7) is 7.71. The highest BCUT2D eigenvalue weighted by molar-refractivity contribution is 6.14. The molecule has 59 heavy (non-hydrogen) atoms. The van der Waals surface area contributed by atoms with Crippen molar-refractivity contribution >= 4 is 62.9 Å². The molecule has 1 atom stereocenters. The molecule has 17 heteroatoms. The predicted molar refractivity (Wildman–Crippen MR) is 219 cm³/mol. The van der Waals surface area contributed by atoms with Gasteiger partial charge in [-0.3, -0.25) is 24.5 Å². The number of carbonyl (C=O) groups is 4. The standard InChI is InChI=1S/C42H45N11O6/c1-5-53-33(19-29(50-53)23-11-12-23)46-38-36-25-18-32(58-4)26(35-21(2)51-59-22(35)3)17-30(25)45-37(36)48-39(49-38)41(56)44-16-7-6-15-43-28-10-8-9-24-27(28)20-52(42(24)57)31-13-14-34(54)47-40(31)55/h8-10,17-19,23,31,43H,5-7,11-16,20H2,1-4H3,(H,44,56)(H,47,54,55)(H2,45,46,48,49). The molecule has 9 rings (SSSR count). The van der Waals surface area contributed by atoms with Crippen LogP contribution in [-0.2, 0) is 22.7 Å². The van der Waals surface area contributed by atoms with Crippen LogP contribution in [0.4, 0.5) is 17.3 Å². The van der Waals surface area contributed by atoms with Gasteiger partial charge in [-0.15, -0.1) is 0 Å². The number of anilines is 3. The lowest BCUT2D eigenvalue weighted by Gasteiger charge is -2.29. The fraction of sp³-hybridized carbons (Fsp3) is 0.381. The molecule has 6 aromatic rings. The Bertz CT molecular complexity index is 2650. The highest BCUT2D eigenvalue weighted by Crippen LogP contribution is 2.43. The number of rotatable bonds is 14. The third-order valence-corrected chi connectivity index (χ3v) is 11.4. The lowest BCUT2D eigenvalue weighted by atomic mass is 10.0. The number of nitrogens with one attached hydrogen (secondary N) is 5. The van der Waals surface area contributed by atoms with E-state index in [2.05, 4.69) is 37.5 Å². The van der Waals surface area contributed by atoms with Crippen LogP contribution >= 0.6 is 0 Å². The molecule has 5 N–H and O–H groups in total. The molecule has 2 aliphatic heterocycles. The normalized spacial score (nSPS) is 16.5. The van der Waals surface area contributed by atoms with Crippen LogP contribution in [0, 0.1) is 13.8 Å². The van der Waals surface area contributed by atoms with Crippen molar-refractivity contribution in [3.63, 3.8) is 0 Å². The number of imide groups is 1. The highest BCUT2D eigenvalue weighted by Gasteiger charge is 2.40. The summed E-state index contributed by atoms with van der Waals surface area (Å²) in [5, 5.41) is 22.8. The van der Waals surface area contributed by atoms with Gasteiger partial charge >= 0.3 is 0 Å². The number of benzene rings is 2. The van der Waals surface area contributed by atoms with Crippen LogP contribution in [0.5, 0.6) is 5.75 Å². The highest BCUT2D eigenvalue weighted by atomic mass is 16.5. The third kappa shape index (κ3) is 6.99. The van der Waals surface area contributed by atoms with Crippen LogP contribution < -0.4 is 26.0 Å². The monoisotopic (exact) mass is 799 g/mol. The molecule has 3 aliphatic rings. The van der Waals surface area contributed by atoms with Gasteiger partial charge in [-0.1, -0.05) is 11.2 Å². The Morgan fingerprint density at radius 3 is 2.61 bits per heavy atom. The molecule has 4 amide bonds. The van der Waals surface area contributed by atoms with E-state index >= 15 is 0 Å². The average molecular weight is 800 g/mol. The summed E-state index contributed by atoms with van der Waals surface area (Å²) in [7, 11) is 1.62. The average Bonchev–Trinajstić information content (AvgIpc) is 3.60. The quantitative estimate of drug-likeness (QED) is 0.0672. The molecule has 0 radical (unpaired) electrons. The minimum Gasteiger partial charge on any atom is -0.496 e. The van der Waals surface area contributed by atoms with Crippen LogP contribution in [0.1, 0.15) is 95.1 Å². The first-order valence-electron chi connectivity index (χ1n) is 20.1. The van der Waals surface area contributed by atoms with E-state index in [4.69, 9.17) is 24.3 Å². The number of carbonyl (C=O) groups excluding carboxylic acids is 4. The summed E-state index contributed by atoms with van der Waals surface area (Å²) < 4.78 is 13.3. The second-order valence-electron chi connectivity index (χ2n) is 15.3. The molecular formula is C42H45N11O6. The van der Waals surface area contributed by atoms with E-state index in [1.807, 2.05) is 49.7 Å². The summed E-state index contributed by atoms with van der Waals surface area (Å²) in [5.74, 6) is 1.63. The van der Waals surface area contributed by atoms with Crippen molar-refractivity contribution in [2.75, 3.05) is 30.8 Å². The number of aromatic nitrogens is 6. The van der Waals surface area contributed by atoms with Crippen LogP contribution in [0.15, 0.2) is 40.9 Å². The lowest BCUT2D eigenvalue weighted by molar-refractivity contribution is -0.136. The van der Waals surface area contributed by atoms with Crippen molar-refractivity contribution in [3.05, 3.63) is 70.5 Å². The predicted octanol–water partition coefficient (Wildman–Crippen LogP) is 5.61. The van der Waals surface area contributed by atoms with Crippen molar-refractivity contribution in [3.8, 4) is 16.9 Å². The second kappa shape index (κ2) is 15.2. The van der Waals surface area contributed by atoms with E-state index in [-0.39, 0.29) is 30.6 Å². The number of hydrogen-bond donors (Lipinski definition) is 5. The van der Waals surface area contributed by atoms with Crippen molar-refractivity contribution in [2.45, 2.75) is 84.3 Å². The van der Waals surface area contributed by atoms with Gasteiger partial charge in [0, 0.05) is 77.9 Å². The summed E-state index contributed by atoms with van der Waals surface area (Å²) in [5.41, 5.74) is 6.90. The second-order valence-corrected chi connectivity index (χ2v) is 15.3. The van der Waals surface area contributed by atoms with E-state index in [0.717, 1.165) is 69.7 Å². The largest absolute Gasteiger partial charge is 0.496 e. The maximum atomic E-state index is 13.7. The van der Waals surface area contributed by atoms with Crippen LogP contribution in [0.3, 0.4) is 0 Å². The summed E-state index contributed by atoms with van der Waals surface area (Å²) >= 11 is 0. The molecule has 6 heterocycles. The molecule has 17 nitrogen and oxygen atoms in total. The number of piperidine rings is 1. The maximum absolute atomic E-state index is 13.7. The number of H-pyrrole nitrogens is 1. The fourth-order valence-electron chi connectivity index (χ4n) is 8.23. The number of nitrogens with zero attached hydrogens (tertiary/aromatic N) is 6. The van der Waals surface area contributed by atoms with E-state index < -0.39 is 17.9 Å². The molecule has 1 saturated carbocycles. The number of unbranched alkanes of at least 4 members (excludes halogenated alkanes) is 1. The topological polar surface area (TPSA) is 214 Å². The van der Waals surface area contributed by atoms with Crippen molar-refractivity contribution < 1.29 is 28.4 Å². The van der Waals surface area contributed by atoms with Crippen LogP contribution in [0.2, 0.25) is 0 Å². The molecule has 0 spiro atoms. The van der Waals surface area contributed by atoms with Gasteiger partial charge in [0.1, 0.15) is 34.8 Å². The van der Waals surface area contributed by atoms with Gasteiger partial charge < -0.3 is 35.1 Å². The van der Waals surface area contributed by atoms with E-state index in [1.165, 1.54) is 0 Å². The zero-order chi connectivity index (χ0) is 40.9. The van der Waals surface area contributed by atoms with E-state index in [1.54, 1.807) is 18.1 Å². The number of amides is 4. The molecule has 304 valence electrons. The number of aryl methyl sites for hydroxylation is 3. The number of ether oxygens (including phenoxy) is 1. The van der Waals surface area contributed by atoms with E-state index in [0.29, 0.717) is 72.3 Å². The van der Waals surface area contributed by atoms with Gasteiger partial charge in [-0.25, -0.2) is 14.6 Å². The molecular weight excluding hydrogens is 755 g/mol. The lowest BCUT2D eigenvalue weighted by Crippen LogP contribution is -2.52. The zero-order valence-electron chi connectivity index (χ0n) is 33.3. The Morgan fingerprint density at radius 1 is 1.03 bits per heavy atom. The third-order valence-electron chi connectivity index (χ3n) is 11.4. The molecule has 0 bridgehead atoms. The summed E-state index contributed by atoms with van der Waals surface area (Å²) in [4.78, 5) is 65.6. The zero-order valence-corrected chi connectivity index (χ0v) is 33.3. The summed E-state index contributed by atoms with van der Waals surface area (Å²) in [6, 6.07) is 10.8. The van der Waals surface area contributed by atoms with Crippen molar-refractivity contribution in [2.24, 2.45) is 0 Å². The van der Waals surface area contributed by atoms with E-state index in [9.17, 15) is 19.2 Å². The Balaban J connectivity index is 0.917. The smallest absolute Gasteiger partial charge is 0.289 e. The number of hydrogen-bond acceptors (Lipinski definition) is 12. The minimum absolute atomic E-state index is 0.0117. The SMILES string of the molecule is CCn1nc(C2CC2)cc1Nc1nc(C(=O)NCCCCNc2cccc3c2CN(C2CCC(=O)NC2=O)C3=O)nc2[nH]c3cc(-c4c(C)noc4C)c(OC)cc3c12. The molecule has 4 aromatic heterocycles. The van der Waals surface area contributed by atoms with Crippen LogP contribution in [-0.4, -0.2) is 84.7 Å². The Morgan fingerprint density at radius 2 is 1.86 bits per heavy atom. The van der Waals surface area contributed by atoms with Gasteiger partial charge in [0.05, 0.1) is 29.4 Å². The van der Waals surface area contributed by atoms with Crippen LogP contribution in [0.25, 0.3) is 33.1 Å². The Labute approximate surface area is 338 Å². The molecule has 1 aliphatic carbocycles. The molecule has 2 aromatic carbocycles. The Kier molecular flexibility index (Phi) is 9.73. The van der Waals surface area contributed by atoms with Gasteiger partial charge in [0.2, 0.25) is 17.6 Å². The van der Waals surface area contributed by atoms with Gasteiger partial charge in [0.15, 0.2) is 0 Å². The first-order valence-corrected chi connectivity index (χ1v) is 20.1. The molecule has 2 fully saturated rings. The summed E-state index contributed by atoms with van der Waals surface area (Å²) in [6.07, 6.45) is 4.14. The Hall–Kier alpha value is -6.78. The first-order chi connectivity index (χ1) is 28.6. The molecule has 1 saturated heterocycles. The number of aromatic amines is 1. The van der Waals surface area contributed by atoms with Crippen molar-refractivity contribution in [1.29, 1.82) is 0 Å². The number of fused-ring (bicyclic) bond motifs is 4. The van der Waals surface area contributed by atoms with Gasteiger partial charge in [-0.2, -0.15) is 5.10 Å². The maximum Gasteiger partial charge on any atom is 0.289 e. The fourth-order valence-corrected chi connectivity index (χ4v) is 8.23. The van der Waals surface area contributed by atoms with Gasteiger partial charge in [-0.05, 0) is 77.1 Å². The molecule has 1 unspecified atom stereocenters. The minimum atomic E-state index is -0.674. The van der Waals surface area contributed by atoms with Gasteiger partial charge in [0.25, 0.3) is 11.8 Å². The van der Waals surface area contributed by atoms with Crippen molar-refractivity contribution in [1.82, 2.24) is 45.4 Å². The number of methoxy groups -OCH3 is 1. The first kappa shape index (κ1) is 37.8.